The number of nitrogens with zero attached hydrogens (tertiary/aromatic N) is 1. The third-order valence-corrected chi connectivity index (χ3v) is 7.19. The van der Waals surface area contributed by atoms with Crippen molar-refractivity contribution >= 4 is 37.1 Å². The highest BCUT2D eigenvalue weighted by Gasteiger charge is 2.23. The molecule has 32 heavy (non-hydrogen) atoms. The molecule has 0 aliphatic carbocycles. The van der Waals surface area contributed by atoms with E-state index in [-0.39, 0.29) is 21.8 Å². The third kappa shape index (κ3) is 4.78. The molecule has 0 aromatic heterocycles. The molecule has 0 heterocycles. The second kappa shape index (κ2) is 8.43. The number of phenols is 1. The molecule has 0 atom stereocenters. The molecule has 0 fully saturated rings. The number of sulfonamides is 2. The maximum Gasteiger partial charge on any atom is 0.312 e. The van der Waals surface area contributed by atoms with E-state index in [9.17, 15) is 36.4 Å². The Kier molecular flexibility index (Phi) is 6.05. The fraction of sp³-hybridized carbons (Fsp3) is 0.0526. The number of hydrogen-bond acceptors (Lipinski definition) is 7. The monoisotopic (exact) mass is 481 g/mol. The van der Waals surface area contributed by atoms with Gasteiger partial charge in [0.05, 0.1) is 26.1 Å². The van der Waals surface area contributed by atoms with E-state index in [0.717, 1.165) is 24.3 Å². The molecule has 13 heteroatoms. The van der Waals surface area contributed by atoms with Crippen molar-refractivity contribution in [2.45, 2.75) is 16.7 Å². The van der Waals surface area contributed by atoms with E-state index < -0.39 is 47.1 Å². The van der Waals surface area contributed by atoms with Gasteiger partial charge >= 0.3 is 5.69 Å². The Morgan fingerprint density at radius 3 is 2.28 bits per heavy atom. The summed E-state index contributed by atoms with van der Waals surface area (Å²) in [6.07, 6.45) is 0. The molecule has 0 aliphatic heterocycles. The van der Waals surface area contributed by atoms with Crippen molar-refractivity contribution in [1.82, 2.24) is 0 Å². The highest BCUT2D eigenvalue weighted by atomic mass is 32.2. The molecule has 0 saturated heterocycles. The number of rotatable bonds is 7. The first-order valence-electron chi connectivity index (χ1n) is 8.79. The maximum atomic E-state index is 13.9. The van der Waals surface area contributed by atoms with Gasteiger partial charge in [-0.1, -0.05) is 18.2 Å². The van der Waals surface area contributed by atoms with Gasteiger partial charge in [-0.3, -0.25) is 19.6 Å². The highest BCUT2D eigenvalue weighted by Crippen LogP contribution is 2.30. The molecular weight excluding hydrogens is 465 g/mol. The van der Waals surface area contributed by atoms with Gasteiger partial charge in [-0.25, -0.2) is 21.2 Å². The van der Waals surface area contributed by atoms with Crippen LogP contribution in [0.25, 0.3) is 0 Å². The number of halogens is 1. The Hall–Kier alpha value is -3.71. The lowest BCUT2D eigenvalue weighted by Crippen LogP contribution is -2.17. The number of aromatic hydroxyl groups is 1. The van der Waals surface area contributed by atoms with E-state index >= 15 is 0 Å². The minimum atomic E-state index is -4.37. The summed E-state index contributed by atoms with van der Waals surface area (Å²) in [5.74, 6) is -1.50. The largest absolute Gasteiger partial charge is 0.502 e. The Labute approximate surface area is 182 Å². The summed E-state index contributed by atoms with van der Waals surface area (Å²) in [5.41, 5.74) is -0.985. The molecule has 3 aromatic carbocycles. The van der Waals surface area contributed by atoms with E-state index in [1.54, 1.807) is 0 Å². The molecule has 3 rings (SSSR count). The molecule has 0 amide bonds. The molecule has 3 aromatic rings. The molecule has 168 valence electrons. The average Bonchev–Trinajstić information content (AvgIpc) is 2.70. The summed E-state index contributed by atoms with van der Waals surface area (Å²) < 4.78 is 68.9. The van der Waals surface area contributed by atoms with Crippen molar-refractivity contribution in [1.29, 1.82) is 0 Å². The van der Waals surface area contributed by atoms with E-state index in [2.05, 4.69) is 9.44 Å². The summed E-state index contributed by atoms with van der Waals surface area (Å²) in [5, 5.41) is 20.5. The minimum absolute atomic E-state index is 0.153. The molecule has 0 saturated carbocycles. The quantitative estimate of drug-likeness (QED) is 0.345. The zero-order valence-corrected chi connectivity index (χ0v) is 17.9. The van der Waals surface area contributed by atoms with E-state index in [4.69, 9.17) is 0 Å². The van der Waals surface area contributed by atoms with Crippen molar-refractivity contribution in [3.8, 4) is 5.75 Å². The van der Waals surface area contributed by atoms with Gasteiger partial charge in [0.1, 0.15) is 5.82 Å². The second-order valence-corrected chi connectivity index (χ2v) is 9.91. The van der Waals surface area contributed by atoms with E-state index in [1.165, 1.54) is 37.3 Å². The first-order valence-corrected chi connectivity index (χ1v) is 11.8. The number of hydrogen-bond donors (Lipinski definition) is 3. The Morgan fingerprint density at radius 2 is 1.62 bits per heavy atom. The third-order valence-electron chi connectivity index (χ3n) is 4.30. The van der Waals surface area contributed by atoms with Gasteiger partial charge in [-0.05, 0) is 48.9 Å². The SMILES string of the molecule is Cc1ccc(NS(=O)(=O)c2ccc(O)c([N+](=O)[O-])c2)cc1S(=O)(=O)Nc1ccccc1F. The average molecular weight is 481 g/mol. The molecule has 0 radical (unpaired) electrons. The molecule has 0 spiro atoms. The van der Waals surface area contributed by atoms with Crippen molar-refractivity contribution in [3.63, 3.8) is 0 Å². The van der Waals surface area contributed by atoms with Crippen LogP contribution in [-0.4, -0.2) is 26.9 Å². The van der Waals surface area contributed by atoms with Gasteiger partial charge in [0.15, 0.2) is 5.75 Å². The summed E-state index contributed by atoms with van der Waals surface area (Å²) in [7, 11) is -8.65. The van der Waals surface area contributed by atoms with Gasteiger partial charge in [-0.2, -0.15) is 0 Å². The lowest BCUT2D eigenvalue weighted by molar-refractivity contribution is -0.386. The number of nitro benzene ring substituents is 1. The minimum Gasteiger partial charge on any atom is -0.502 e. The van der Waals surface area contributed by atoms with Crippen LogP contribution in [0.4, 0.5) is 21.5 Å². The highest BCUT2D eigenvalue weighted by molar-refractivity contribution is 7.93. The zero-order valence-electron chi connectivity index (χ0n) is 16.3. The van der Waals surface area contributed by atoms with Gasteiger partial charge in [0, 0.05) is 6.07 Å². The van der Waals surface area contributed by atoms with Gasteiger partial charge in [-0.15, -0.1) is 0 Å². The van der Waals surface area contributed by atoms with Crippen LogP contribution < -0.4 is 9.44 Å². The smallest absolute Gasteiger partial charge is 0.312 e. The van der Waals surface area contributed by atoms with Crippen LogP contribution >= 0.6 is 0 Å². The second-order valence-electron chi connectivity index (χ2n) is 6.58. The van der Waals surface area contributed by atoms with Crippen molar-refractivity contribution < 1.29 is 31.3 Å². The van der Waals surface area contributed by atoms with Crippen molar-refractivity contribution in [2.75, 3.05) is 9.44 Å². The van der Waals surface area contributed by atoms with Crippen LogP contribution in [0.3, 0.4) is 0 Å². The van der Waals surface area contributed by atoms with Crippen LogP contribution in [0, 0.1) is 22.9 Å². The number of anilines is 2. The van der Waals surface area contributed by atoms with Gasteiger partial charge in [0.25, 0.3) is 20.0 Å². The fourth-order valence-corrected chi connectivity index (χ4v) is 5.14. The summed E-state index contributed by atoms with van der Waals surface area (Å²) in [6, 6.07) is 11.3. The Bertz CT molecular complexity index is 1420. The predicted molar refractivity (Wildman–Crippen MR) is 114 cm³/mol. The van der Waals surface area contributed by atoms with Crippen LogP contribution in [0.5, 0.6) is 5.75 Å². The lowest BCUT2D eigenvalue weighted by atomic mass is 10.2. The topological polar surface area (TPSA) is 156 Å². The number of aryl methyl sites for hydroxylation is 1. The normalized spacial score (nSPS) is 11.7. The van der Waals surface area contributed by atoms with E-state index in [0.29, 0.717) is 6.07 Å². The fourth-order valence-electron chi connectivity index (χ4n) is 2.73. The number of benzene rings is 3. The molecular formula is C19H16FN3O7S2. The van der Waals surface area contributed by atoms with Crippen LogP contribution in [0.2, 0.25) is 0 Å². The molecule has 0 bridgehead atoms. The standard InChI is InChI=1S/C19H16FN3O7S2/c1-12-6-7-13(10-19(12)32(29,30)22-16-5-3-2-4-15(16)20)21-31(27,28)14-8-9-18(24)17(11-14)23(25)26/h2-11,21-22,24H,1H3. The Balaban J connectivity index is 1.96. The molecule has 0 aliphatic rings. The first-order chi connectivity index (χ1) is 14.9. The summed E-state index contributed by atoms with van der Waals surface area (Å²) in [4.78, 5) is 9.19. The molecule has 3 N–H and O–H groups in total. The molecule has 10 nitrogen and oxygen atoms in total. The van der Waals surface area contributed by atoms with Crippen LogP contribution in [0.15, 0.2) is 70.5 Å². The number of nitro groups is 1. The summed E-state index contributed by atoms with van der Waals surface area (Å²) in [6.45, 7) is 1.47. The predicted octanol–water partition coefficient (Wildman–Crippen LogP) is 3.35. The van der Waals surface area contributed by atoms with Gasteiger partial charge < -0.3 is 5.11 Å². The summed E-state index contributed by atoms with van der Waals surface area (Å²) >= 11 is 0. The first kappa shape index (κ1) is 23.0. The van der Waals surface area contributed by atoms with Crippen LogP contribution in [-0.2, 0) is 20.0 Å². The van der Waals surface area contributed by atoms with Crippen LogP contribution in [0.1, 0.15) is 5.56 Å². The number of phenolic OH excluding ortho intramolecular Hbond substituents is 1. The maximum absolute atomic E-state index is 13.9. The lowest BCUT2D eigenvalue weighted by Gasteiger charge is -2.14. The molecule has 0 unspecified atom stereocenters. The number of nitrogens with one attached hydrogen (secondary N) is 2. The zero-order chi connectivity index (χ0) is 23.7. The Morgan fingerprint density at radius 1 is 0.938 bits per heavy atom. The van der Waals surface area contributed by atoms with Crippen molar-refractivity contribution in [3.05, 3.63) is 82.2 Å². The number of para-hydroxylation sites is 1. The van der Waals surface area contributed by atoms with Crippen molar-refractivity contribution in [2.24, 2.45) is 0 Å². The van der Waals surface area contributed by atoms with Gasteiger partial charge in [0.2, 0.25) is 0 Å². The van der Waals surface area contributed by atoms with E-state index in [1.807, 2.05) is 0 Å².